The normalized spacial score (nSPS) is 15.2. The third-order valence-corrected chi connectivity index (χ3v) is 4.09. The first-order chi connectivity index (χ1) is 12.3. The minimum Gasteiger partial charge on any atom is -0.460 e. The number of aromatic nitrogens is 2. The molecule has 3 aromatic rings. The highest BCUT2D eigenvalue weighted by Crippen LogP contribution is 2.41. The van der Waals surface area contributed by atoms with Crippen LogP contribution >= 0.6 is 0 Å². The SMILES string of the molecule is CCCOC1Oc2ccccc2-c2nc(-c3ccc(N)cc3)ncc21. The van der Waals surface area contributed by atoms with Gasteiger partial charge in [-0.05, 0) is 42.8 Å². The highest BCUT2D eigenvalue weighted by atomic mass is 16.7. The largest absolute Gasteiger partial charge is 0.460 e. The number of rotatable bonds is 4. The number of anilines is 1. The van der Waals surface area contributed by atoms with E-state index in [0.29, 0.717) is 18.1 Å². The summed E-state index contributed by atoms with van der Waals surface area (Å²) in [5, 5.41) is 0. The molecule has 0 fully saturated rings. The van der Waals surface area contributed by atoms with Gasteiger partial charge in [0, 0.05) is 23.0 Å². The van der Waals surface area contributed by atoms with Crippen LogP contribution in [0.2, 0.25) is 0 Å². The van der Waals surface area contributed by atoms with Crippen molar-refractivity contribution in [3.8, 4) is 28.4 Å². The van der Waals surface area contributed by atoms with E-state index >= 15 is 0 Å². The molecule has 5 heteroatoms. The van der Waals surface area contributed by atoms with E-state index in [4.69, 9.17) is 20.2 Å². The molecule has 0 bridgehead atoms. The number of hydrogen-bond acceptors (Lipinski definition) is 5. The lowest BCUT2D eigenvalue weighted by Gasteiger charge is -2.27. The maximum absolute atomic E-state index is 6.00. The highest BCUT2D eigenvalue weighted by molar-refractivity contribution is 5.74. The van der Waals surface area contributed by atoms with Crippen LogP contribution in [0, 0.1) is 0 Å². The van der Waals surface area contributed by atoms with Crippen LogP contribution in [0.4, 0.5) is 5.69 Å². The molecule has 1 unspecified atom stereocenters. The Hall–Kier alpha value is -2.92. The summed E-state index contributed by atoms with van der Waals surface area (Å²) in [5.74, 6) is 1.43. The lowest BCUT2D eigenvalue weighted by molar-refractivity contribution is -0.0851. The molecule has 25 heavy (non-hydrogen) atoms. The van der Waals surface area contributed by atoms with Gasteiger partial charge >= 0.3 is 0 Å². The summed E-state index contributed by atoms with van der Waals surface area (Å²) in [6.07, 6.45) is 2.23. The number of hydrogen-bond donors (Lipinski definition) is 1. The van der Waals surface area contributed by atoms with E-state index < -0.39 is 6.29 Å². The van der Waals surface area contributed by atoms with Crippen LogP contribution in [-0.4, -0.2) is 16.6 Å². The molecular weight excluding hydrogens is 314 g/mol. The molecule has 1 aliphatic rings. The Morgan fingerprint density at radius 3 is 2.72 bits per heavy atom. The van der Waals surface area contributed by atoms with Gasteiger partial charge in [-0.15, -0.1) is 0 Å². The Labute approximate surface area is 146 Å². The molecule has 2 heterocycles. The fraction of sp³-hybridized carbons (Fsp3) is 0.200. The van der Waals surface area contributed by atoms with Crippen molar-refractivity contribution in [3.63, 3.8) is 0 Å². The highest BCUT2D eigenvalue weighted by Gasteiger charge is 2.28. The fourth-order valence-electron chi connectivity index (χ4n) is 2.84. The lowest BCUT2D eigenvalue weighted by Crippen LogP contribution is -2.19. The lowest BCUT2D eigenvalue weighted by atomic mass is 10.0. The zero-order valence-electron chi connectivity index (χ0n) is 14.0. The van der Waals surface area contributed by atoms with E-state index in [9.17, 15) is 0 Å². The molecule has 126 valence electrons. The molecule has 1 aliphatic heterocycles. The molecule has 0 spiro atoms. The third kappa shape index (κ3) is 2.94. The summed E-state index contributed by atoms with van der Waals surface area (Å²) >= 11 is 0. The topological polar surface area (TPSA) is 70.3 Å². The van der Waals surface area contributed by atoms with E-state index in [1.54, 1.807) is 6.20 Å². The predicted molar refractivity (Wildman–Crippen MR) is 96.9 cm³/mol. The predicted octanol–water partition coefficient (Wildman–Crippen LogP) is 4.21. The van der Waals surface area contributed by atoms with Gasteiger partial charge in [-0.3, -0.25) is 0 Å². The summed E-state index contributed by atoms with van der Waals surface area (Å²) in [7, 11) is 0. The van der Waals surface area contributed by atoms with Crippen molar-refractivity contribution in [2.24, 2.45) is 0 Å². The molecule has 5 nitrogen and oxygen atoms in total. The number of benzene rings is 2. The van der Waals surface area contributed by atoms with Crippen LogP contribution in [0.25, 0.3) is 22.6 Å². The summed E-state index contributed by atoms with van der Waals surface area (Å²) < 4.78 is 11.9. The smallest absolute Gasteiger partial charge is 0.230 e. The molecule has 0 saturated heterocycles. The maximum Gasteiger partial charge on any atom is 0.230 e. The maximum atomic E-state index is 6.00. The number of fused-ring (bicyclic) bond motifs is 3. The van der Waals surface area contributed by atoms with E-state index in [2.05, 4.69) is 11.9 Å². The van der Waals surface area contributed by atoms with Crippen molar-refractivity contribution in [2.75, 3.05) is 12.3 Å². The second-order valence-corrected chi connectivity index (χ2v) is 5.94. The number of nitrogen functional groups attached to an aromatic ring is 1. The molecule has 2 aromatic carbocycles. The van der Waals surface area contributed by atoms with Gasteiger partial charge < -0.3 is 15.2 Å². The standard InChI is InChI=1S/C20H19N3O2/c1-2-11-24-20-16-12-22-19(13-7-9-14(21)10-8-13)23-18(16)15-5-3-4-6-17(15)25-20/h3-10,12,20H,2,11,21H2,1H3. The molecule has 0 amide bonds. The number of nitrogens with zero attached hydrogens (tertiary/aromatic N) is 2. The van der Waals surface area contributed by atoms with Crippen molar-refractivity contribution in [2.45, 2.75) is 19.6 Å². The molecular formula is C20H19N3O2. The van der Waals surface area contributed by atoms with Gasteiger partial charge in [0.1, 0.15) is 5.75 Å². The van der Waals surface area contributed by atoms with Crippen molar-refractivity contribution < 1.29 is 9.47 Å². The van der Waals surface area contributed by atoms with Gasteiger partial charge in [0.05, 0.1) is 17.9 Å². The Kier molecular flexibility index (Phi) is 4.07. The molecule has 1 atom stereocenters. The van der Waals surface area contributed by atoms with Gasteiger partial charge in [-0.2, -0.15) is 0 Å². The van der Waals surface area contributed by atoms with Gasteiger partial charge in [-0.25, -0.2) is 9.97 Å². The van der Waals surface area contributed by atoms with Gasteiger partial charge in [0.2, 0.25) is 6.29 Å². The average molecular weight is 333 g/mol. The second kappa shape index (κ2) is 6.53. The Balaban J connectivity index is 1.81. The molecule has 1 aromatic heterocycles. The number of nitrogens with two attached hydrogens (primary N) is 1. The zero-order chi connectivity index (χ0) is 17.2. The van der Waals surface area contributed by atoms with Crippen LogP contribution in [-0.2, 0) is 4.74 Å². The number of ether oxygens (including phenoxy) is 2. The van der Waals surface area contributed by atoms with Crippen molar-refractivity contribution >= 4 is 5.69 Å². The summed E-state index contributed by atoms with van der Waals surface area (Å²) in [6, 6.07) is 15.4. The quantitative estimate of drug-likeness (QED) is 0.724. The van der Waals surface area contributed by atoms with Crippen molar-refractivity contribution in [1.29, 1.82) is 0 Å². The minimum absolute atomic E-state index is 0.481. The van der Waals surface area contributed by atoms with Crippen LogP contribution in [0.5, 0.6) is 5.75 Å². The second-order valence-electron chi connectivity index (χ2n) is 5.94. The first-order valence-electron chi connectivity index (χ1n) is 8.37. The fourth-order valence-corrected chi connectivity index (χ4v) is 2.84. The van der Waals surface area contributed by atoms with E-state index in [-0.39, 0.29) is 0 Å². The van der Waals surface area contributed by atoms with E-state index in [0.717, 1.165) is 34.6 Å². The third-order valence-electron chi connectivity index (χ3n) is 4.09. The van der Waals surface area contributed by atoms with Crippen LogP contribution in [0.1, 0.15) is 25.2 Å². The first-order valence-corrected chi connectivity index (χ1v) is 8.37. The molecule has 0 radical (unpaired) electrons. The van der Waals surface area contributed by atoms with Crippen molar-refractivity contribution in [1.82, 2.24) is 9.97 Å². The molecule has 0 aliphatic carbocycles. The number of para-hydroxylation sites is 1. The monoisotopic (exact) mass is 333 g/mol. The van der Waals surface area contributed by atoms with Crippen LogP contribution < -0.4 is 10.5 Å². The van der Waals surface area contributed by atoms with Crippen LogP contribution in [0.15, 0.2) is 54.7 Å². The van der Waals surface area contributed by atoms with Crippen LogP contribution in [0.3, 0.4) is 0 Å². The molecule has 4 rings (SSSR count). The molecule has 2 N–H and O–H groups in total. The van der Waals surface area contributed by atoms with E-state index in [1.165, 1.54) is 0 Å². The Morgan fingerprint density at radius 1 is 1.12 bits per heavy atom. The van der Waals surface area contributed by atoms with Gasteiger partial charge in [-0.1, -0.05) is 19.1 Å². The Bertz CT molecular complexity index is 894. The van der Waals surface area contributed by atoms with Crippen molar-refractivity contribution in [3.05, 3.63) is 60.3 Å². The first kappa shape index (κ1) is 15.6. The van der Waals surface area contributed by atoms with E-state index in [1.807, 2.05) is 48.5 Å². The van der Waals surface area contributed by atoms with Gasteiger partial charge in [0.15, 0.2) is 5.82 Å². The van der Waals surface area contributed by atoms with Gasteiger partial charge in [0.25, 0.3) is 0 Å². The summed E-state index contributed by atoms with van der Waals surface area (Å²) in [4.78, 5) is 9.31. The Morgan fingerprint density at radius 2 is 1.92 bits per heavy atom. The summed E-state index contributed by atoms with van der Waals surface area (Å²) in [5.41, 5.74) is 10.1. The zero-order valence-corrected chi connectivity index (χ0v) is 14.0. The minimum atomic E-state index is -0.481. The molecule has 0 saturated carbocycles. The summed E-state index contributed by atoms with van der Waals surface area (Å²) in [6.45, 7) is 2.68. The average Bonchev–Trinajstić information content (AvgIpc) is 2.66.